The first kappa shape index (κ1) is 19.8. The van der Waals surface area contributed by atoms with Crippen molar-refractivity contribution in [1.82, 2.24) is 14.6 Å². The maximum atomic E-state index is 12.5. The van der Waals surface area contributed by atoms with Crippen molar-refractivity contribution < 1.29 is 13.2 Å². The number of amides is 1. The Balaban J connectivity index is 1.47. The number of nitrogens with zero attached hydrogens (tertiary/aromatic N) is 3. The summed E-state index contributed by atoms with van der Waals surface area (Å²) in [6, 6.07) is 12.6. The molecule has 1 aromatic heterocycles. The fourth-order valence-corrected chi connectivity index (χ4v) is 4.46. The molecule has 1 aliphatic heterocycles. The van der Waals surface area contributed by atoms with E-state index < -0.39 is 10.0 Å². The summed E-state index contributed by atoms with van der Waals surface area (Å²) in [7, 11) is -3.41. The largest absolute Gasteiger partial charge is 0.354 e. The van der Waals surface area contributed by atoms with Crippen LogP contribution in [0.25, 0.3) is 0 Å². The maximum absolute atomic E-state index is 12.5. The van der Waals surface area contributed by atoms with E-state index in [1.165, 1.54) is 4.31 Å². The van der Waals surface area contributed by atoms with Gasteiger partial charge in [-0.1, -0.05) is 22.0 Å². The van der Waals surface area contributed by atoms with Crippen LogP contribution in [0.4, 0.5) is 5.82 Å². The van der Waals surface area contributed by atoms with Gasteiger partial charge in [0, 0.05) is 49.0 Å². The lowest BCUT2D eigenvalue weighted by Crippen LogP contribution is -2.50. The van der Waals surface area contributed by atoms with E-state index in [1.54, 1.807) is 30.5 Å². The lowest BCUT2D eigenvalue weighted by atomic mass is 10.2. The van der Waals surface area contributed by atoms with Crippen LogP contribution in [-0.2, 0) is 10.0 Å². The van der Waals surface area contributed by atoms with Crippen LogP contribution in [0.1, 0.15) is 10.4 Å². The zero-order chi connectivity index (χ0) is 19.3. The standard InChI is InChI=1S/C18H21BrN4O3S/c19-16-6-4-15(5-7-16)18(24)21-9-14-27(25,26)23-12-10-22(11-13-23)17-3-1-2-8-20-17/h1-8H,9-14H2,(H,21,24). The van der Waals surface area contributed by atoms with Gasteiger partial charge in [0.25, 0.3) is 5.91 Å². The molecule has 0 radical (unpaired) electrons. The van der Waals surface area contributed by atoms with E-state index in [0.717, 1.165) is 10.3 Å². The molecule has 0 atom stereocenters. The molecule has 1 aromatic carbocycles. The summed E-state index contributed by atoms with van der Waals surface area (Å²) in [4.78, 5) is 18.4. The Labute approximate surface area is 167 Å². The number of hydrogen-bond acceptors (Lipinski definition) is 5. The summed E-state index contributed by atoms with van der Waals surface area (Å²) in [6.45, 7) is 2.11. The molecule has 0 aliphatic carbocycles. The number of carbonyl (C=O) groups is 1. The third-order valence-electron chi connectivity index (χ3n) is 4.36. The van der Waals surface area contributed by atoms with Crippen LogP contribution in [0.2, 0.25) is 0 Å². The fourth-order valence-electron chi connectivity index (χ4n) is 2.86. The monoisotopic (exact) mass is 452 g/mol. The number of carbonyl (C=O) groups excluding carboxylic acids is 1. The molecule has 2 heterocycles. The van der Waals surface area contributed by atoms with Crippen molar-refractivity contribution in [2.24, 2.45) is 0 Å². The highest BCUT2D eigenvalue weighted by molar-refractivity contribution is 9.10. The third kappa shape index (κ3) is 5.27. The quantitative estimate of drug-likeness (QED) is 0.721. The summed E-state index contributed by atoms with van der Waals surface area (Å²) in [5, 5.41) is 2.67. The molecular weight excluding hydrogens is 432 g/mol. The van der Waals surface area contributed by atoms with E-state index in [2.05, 4.69) is 31.1 Å². The molecule has 0 saturated carbocycles. The van der Waals surface area contributed by atoms with Gasteiger partial charge in [0.2, 0.25) is 10.0 Å². The second kappa shape index (κ2) is 8.81. The lowest BCUT2D eigenvalue weighted by Gasteiger charge is -2.34. The topological polar surface area (TPSA) is 82.6 Å². The van der Waals surface area contributed by atoms with Gasteiger partial charge in [-0.15, -0.1) is 0 Å². The highest BCUT2D eigenvalue weighted by Gasteiger charge is 2.27. The SMILES string of the molecule is O=C(NCCS(=O)(=O)N1CCN(c2ccccn2)CC1)c1ccc(Br)cc1. The molecule has 1 N–H and O–H groups in total. The van der Waals surface area contributed by atoms with Crippen LogP contribution in [-0.4, -0.2) is 62.1 Å². The smallest absolute Gasteiger partial charge is 0.251 e. The van der Waals surface area contributed by atoms with Crippen molar-refractivity contribution in [1.29, 1.82) is 0 Å². The van der Waals surface area contributed by atoms with E-state index in [4.69, 9.17) is 0 Å². The molecule has 2 aromatic rings. The highest BCUT2D eigenvalue weighted by atomic mass is 79.9. The number of nitrogens with one attached hydrogen (secondary N) is 1. The predicted octanol–water partition coefficient (Wildman–Crippen LogP) is 1.73. The zero-order valence-electron chi connectivity index (χ0n) is 14.7. The Morgan fingerprint density at radius 3 is 2.41 bits per heavy atom. The minimum atomic E-state index is -3.41. The summed E-state index contributed by atoms with van der Waals surface area (Å²) in [5.74, 6) is 0.466. The van der Waals surface area contributed by atoms with Crippen LogP contribution < -0.4 is 10.2 Å². The number of sulfonamides is 1. The molecule has 9 heteroatoms. The molecule has 0 unspecified atom stereocenters. The molecule has 7 nitrogen and oxygen atoms in total. The van der Waals surface area contributed by atoms with Crippen LogP contribution in [0.15, 0.2) is 53.1 Å². The molecule has 1 fully saturated rings. The van der Waals surface area contributed by atoms with E-state index >= 15 is 0 Å². The Morgan fingerprint density at radius 1 is 1.07 bits per heavy atom. The minimum absolute atomic E-state index is 0.0810. The molecule has 1 amide bonds. The van der Waals surface area contributed by atoms with Crippen molar-refractivity contribution in [3.05, 3.63) is 58.7 Å². The van der Waals surface area contributed by atoms with Gasteiger partial charge in [-0.25, -0.2) is 13.4 Å². The summed E-state index contributed by atoms with van der Waals surface area (Å²) in [5.41, 5.74) is 0.500. The van der Waals surface area contributed by atoms with Crippen LogP contribution in [0.5, 0.6) is 0 Å². The lowest BCUT2D eigenvalue weighted by molar-refractivity contribution is 0.0956. The maximum Gasteiger partial charge on any atom is 0.251 e. The predicted molar refractivity (Wildman–Crippen MR) is 108 cm³/mol. The number of benzene rings is 1. The number of halogens is 1. The van der Waals surface area contributed by atoms with Crippen molar-refractivity contribution >= 4 is 37.7 Å². The van der Waals surface area contributed by atoms with E-state index in [1.807, 2.05) is 18.2 Å². The van der Waals surface area contributed by atoms with E-state index in [0.29, 0.717) is 31.7 Å². The molecule has 0 bridgehead atoms. The minimum Gasteiger partial charge on any atom is -0.354 e. The van der Waals surface area contributed by atoms with Crippen molar-refractivity contribution in [3.8, 4) is 0 Å². The summed E-state index contributed by atoms with van der Waals surface area (Å²) < 4.78 is 27.4. The number of rotatable bonds is 6. The van der Waals surface area contributed by atoms with Crippen LogP contribution >= 0.6 is 15.9 Å². The first-order chi connectivity index (χ1) is 13.0. The van der Waals surface area contributed by atoms with Gasteiger partial charge in [0.15, 0.2) is 0 Å². The molecule has 3 rings (SSSR count). The first-order valence-electron chi connectivity index (χ1n) is 8.63. The van der Waals surface area contributed by atoms with Crippen LogP contribution in [0, 0.1) is 0 Å². The van der Waals surface area contributed by atoms with Crippen molar-refractivity contribution in [3.63, 3.8) is 0 Å². The molecule has 27 heavy (non-hydrogen) atoms. The van der Waals surface area contributed by atoms with Gasteiger partial charge in [0.05, 0.1) is 5.75 Å². The normalized spacial score (nSPS) is 15.5. The third-order valence-corrected chi connectivity index (χ3v) is 6.76. The van der Waals surface area contributed by atoms with E-state index in [-0.39, 0.29) is 18.2 Å². The molecule has 1 aliphatic rings. The van der Waals surface area contributed by atoms with Gasteiger partial charge in [-0.05, 0) is 36.4 Å². The Morgan fingerprint density at radius 2 is 1.78 bits per heavy atom. The van der Waals surface area contributed by atoms with Crippen molar-refractivity contribution in [2.45, 2.75) is 0 Å². The summed E-state index contributed by atoms with van der Waals surface area (Å²) >= 11 is 3.31. The number of anilines is 1. The number of aromatic nitrogens is 1. The van der Waals surface area contributed by atoms with Gasteiger partial charge >= 0.3 is 0 Å². The number of piperazine rings is 1. The van der Waals surface area contributed by atoms with Gasteiger partial charge in [-0.3, -0.25) is 4.79 Å². The Hall–Kier alpha value is -1.97. The van der Waals surface area contributed by atoms with E-state index in [9.17, 15) is 13.2 Å². The Bertz CT molecular complexity index is 867. The molecular formula is C18H21BrN4O3S. The second-order valence-electron chi connectivity index (χ2n) is 6.15. The van der Waals surface area contributed by atoms with Gasteiger partial charge in [0.1, 0.15) is 5.82 Å². The van der Waals surface area contributed by atoms with Gasteiger partial charge < -0.3 is 10.2 Å². The average molecular weight is 453 g/mol. The zero-order valence-corrected chi connectivity index (χ0v) is 17.1. The second-order valence-corrected chi connectivity index (χ2v) is 9.16. The number of pyridine rings is 1. The molecule has 0 spiro atoms. The number of hydrogen-bond donors (Lipinski definition) is 1. The Kier molecular flexibility index (Phi) is 6.46. The molecule has 144 valence electrons. The average Bonchev–Trinajstić information content (AvgIpc) is 2.69. The van der Waals surface area contributed by atoms with Gasteiger partial charge in [-0.2, -0.15) is 4.31 Å². The fraction of sp³-hybridized carbons (Fsp3) is 0.333. The summed E-state index contributed by atoms with van der Waals surface area (Å²) in [6.07, 6.45) is 1.73. The van der Waals surface area contributed by atoms with Crippen molar-refractivity contribution in [2.75, 3.05) is 43.4 Å². The first-order valence-corrected chi connectivity index (χ1v) is 11.0. The highest BCUT2D eigenvalue weighted by Crippen LogP contribution is 2.15. The molecule has 1 saturated heterocycles. The van der Waals surface area contributed by atoms with Crippen LogP contribution in [0.3, 0.4) is 0 Å².